The number of fused-ring (bicyclic) bond motifs is 6. The summed E-state index contributed by atoms with van der Waals surface area (Å²) in [6.07, 6.45) is 5.74. The smallest absolute Gasteiger partial charge is 0.258 e. The number of piperidine rings is 1. The first-order valence-electron chi connectivity index (χ1n) is 12.0. The number of amides is 1. The Morgan fingerprint density at radius 1 is 1.18 bits per heavy atom. The number of carbonyl (C=O) groups is 1. The van der Waals surface area contributed by atoms with Crippen LogP contribution in [0, 0.1) is 12.8 Å². The Morgan fingerprint density at radius 3 is 2.82 bits per heavy atom. The third kappa shape index (κ3) is 5.93. The highest BCUT2D eigenvalue weighted by molar-refractivity contribution is 6.08. The van der Waals surface area contributed by atoms with Gasteiger partial charge in [0.2, 0.25) is 5.95 Å². The van der Waals surface area contributed by atoms with Crippen LogP contribution in [0.3, 0.4) is 0 Å². The van der Waals surface area contributed by atoms with Gasteiger partial charge in [0.05, 0.1) is 23.4 Å². The van der Waals surface area contributed by atoms with Crippen LogP contribution in [0.15, 0.2) is 24.3 Å². The van der Waals surface area contributed by atoms with E-state index in [1.165, 1.54) is 12.8 Å². The molecule has 1 fully saturated rings. The number of anilines is 4. The first-order valence-corrected chi connectivity index (χ1v) is 12.0. The SMILES string of the molecule is Cc1cc2nc(n1)NCCCCC1CCCN(C1)c1cc(NC(C)(C)CO)ccc1C(=O)N2. The average molecular weight is 453 g/mol. The van der Waals surface area contributed by atoms with Crippen molar-refractivity contribution in [2.45, 2.75) is 58.4 Å². The molecule has 0 aliphatic carbocycles. The molecule has 0 saturated carbocycles. The number of nitrogens with zero attached hydrogens (tertiary/aromatic N) is 3. The lowest BCUT2D eigenvalue weighted by atomic mass is 9.92. The Balaban J connectivity index is 1.71. The molecule has 8 nitrogen and oxygen atoms in total. The molecule has 2 aliphatic heterocycles. The molecule has 1 unspecified atom stereocenters. The van der Waals surface area contributed by atoms with E-state index in [4.69, 9.17) is 0 Å². The van der Waals surface area contributed by atoms with E-state index >= 15 is 0 Å². The van der Waals surface area contributed by atoms with E-state index in [0.717, 1.165) is 56.0 Å². The van der Waals surface area contributed by atoms with E-state index in [0.29, 0.717) is 23.2 Å². The van der Waals surface area contributed by atoms with Crippen LogP contribution in [0.25, 0.3) is 0 Å². The number of aromatic nitrogens is 2. The maximum atomic E-state index is 13.4. The van der Waals surface area contributed by atoms with Crippen molar-refractivity contribution in [3.8, 4) is 0 Å². The summed E-state index contributed by atoms with van der Waals surface area (Å²) in [6, 6.07) is 7.61. The lowest BCUT2D eigenvalue weighted by Gasteiger charge is -2.36. The summed E-state index contributed by atoms with van der Waals surface area (Å²) in [7, 11) is 0. The maximum Gasteiger partial charge on any atom is 0.258 e. The minimum absolute atomic E-state index is 0.0137. The summed E-state index contributed by atoms with van der Waals surface area (Å²) in [5.74, 6) is 1.48. The second-order valence-electron chi connectivity index (χ2n) is 9.95. The lowest BCUT2D eigenvalue weighted by molar-refractivity contribution is 0.102. The molecule has 4 rings (SSSR count). The molecule has 1 atom stereocenters. The minimum atomic E-state index is -0.456. The topological polar surface area (TPSA) is 102 Å². The summed E-state index contributed by atoms with van der Waals surface area (Å²) < 4.78 is 0. The van der Waals surface area contributed by atoms with Gasteiger partial charge in [0.15, 0.2) is 0 Å². The Bertz CT molecular complexity index is 993. The summed E-state index contributed by atoms with van der Waals surface area (Å²) in [5.41, 5.74) is 2.80. The number of aryl methyl sites for hydroxylation is 1. The number of nitrogens with one attached hydrogen (secondary N) is 3. The quantitative estimate of drug-likeness (QED) is 0.557. The zero-order chi connectivity index (χ0) is 23.4. The van der Waals surface area contributed by atoms with Gasteiger partial charge in [-0.25, -0.2) is 4.98 Å². The van der Waals surface area contributed by atoms with Crippen LogP contribution in [0.4, 0.5) is 23.1 Å². The third-order valence-electron chi connectivity index (χ3n) is 6.40. The maximum absolute atomic E-state index is 13.4. The number of carbonyl (C=O) groups excluding carboxylic acids is 1. The first kappa shape index (κ1) is 23.3. The van der Waals surface area contributed by atoms with Crippen LogP contribution in [-0.2, 0) is 0 Å². The predicted octanol–water partition coefficient (Wildman–Crippen LogP) is 4.03. The van der Waals surface area contributed by atoms with Crippen molar-refractivity contribution >= 4 is 29.0 Å². The highest BCUT2D eigenvalue weighted by Gasteiger charge is 2.25. The van der Waals surface area contributed by atoms with Crippen molar-refractivity contribution in [2.24, 2.45) is 5.92 Å². The molecule has 8 heteroatoms. The molecule has 2 aliphatic rings. The Morgan fingerprint density at radius 2 is 2.00 bits per heavy atom. The van der Waals surface area contributed by atoms with Crippen molar-refractivity contribution < 1.29 is 9.90 Å². The second kappa shape index (κ2) is 9.95. The van der Waals surface area contributed by atoms with Gasteiger partial charge in [0.1, 0.15) is 5.82 Å². The van der Waals surface area contributed by atoms with E-state index in [1.807, 2.05) is 39.0 Å². The molecule has 3 heterocycles. The van der Waals surface area contributed by atoms with Gasteiger partial charge in [0.25, 0.3) is 5.91 Å². The van der Waals surface area contributed by atoms with Gasteiger partial charge in [-0.1, -0.05) is 6.42 Å². The van der Waals surface area contributed by atoms with Crippen molar-refractivity contribution in [1.82, 2.24) is 9.97 Å². The highest BCUT2D eigenvalue weighted by Crippen LogP contribution is 2.32. The van der Waals surface area contributed by atoms with E-state index in [2.05, 4.69) is 30.8 Å². The van der Waals surface area contributed by atoms with Gasteiger partial charge < -0.3 is 26.0 Å². The number of aliphatic hydroxyl groups is 1. The number of aliphatic hydroxyl groups excluding tert-OH is 1. The summed E-state index contributed by atoms with van der Waals surface area (Å²) >= 11 is 0. The zero-order valence-electron chi connectivity index (χ0n) is 19.9. The monoisotopic (exact) mass is 452 g/mol. The number of hydrogen-bond donors (Lipinski definition) is 4. The average Bonchev–Trinajstić information content (AvgIpc) is 2.78. The third-order valence-corrected chi connectivity index (χ3v) is 6.40. The Kier molecular flexibility index (Phi) is 7.02. The van der Waals surface area contributed by atoms with Crippen LogP contribution >= 0.6 is 0 Å². The number of hydrogen-bond acceptors (Lipinski definition) is 7. The van der Waals surface area contributed by atoms with E-state index < -0.39 is 5.54 Å². The van der Waals surface area contributed by atoms with Crippen molar-refractivity contribution in [1.29, 1.82) is 0 Å². The van der Waals surface area contributed by atoms with Gasteiger partial charge in [-0.05, 0) is 70.6 Å². The number of rotatable bonds is 3. The van der Waals surface area contributed by atoms with Crippen LogP contribution < -0.4 is 20.9 Å². The molecule has 1 aromatic heterocycles. The van der Waals surface area contributed by atoms with Gasteiger partial charge in [0, 0.05) is 37.1 Å². The zero-order valence-corrected chi connectivity index (χ0v) is 19.9. The summed E-state index contributed by atoms with van der Waals surface area (Å²) in [6.45, 7) is 8.53. The Labute approximate surface area is 196 Å². The molecular formula is C25H36N6O2. The van der Waals surface area contributed by atoms with Crippen molar-refractivity contribution in [3.63, 3.8) is 0 Å². The van der Waals surface area contributed by atoms with Crippen LogP contribution in [0.2, 0.25) is 0 Å². The van der Waals surface area contributed by atoms with Gasteiger partial charge >= 0.3 is 0 Å². The van der Waals surface area contributed by atoms with Crippen LogP contribution in [0.5, 0.6) is 0 Å². The molecule has 178 valence electrons. The van der Waals surface area contributed by atoms with E-state index in [1.54, 1.807) is 6.07 Å². The van der Waals surface area contributed by atoms with Crippen LogP contribution in [0.1, 0.15) is 62.0 Å². The molecular weight excluding hydrogens is 416 g/mol. The standard InChI is InChI=1S/C25H36N6O2/c1-17-13-22-28-23(33)20-10-9-19(30-25(2,3)16-32)14-21(20)31-12-6-8-18(15-31)7-4-5-11-26-24(27-17)29-22/h9-10,13-14,18,30,32H,4-8,11-12,15-16H2,1-3H3,(H2,26,27,28,29,33). The van der Waals surface area contributed by atoms with Crippen LogP contribution in [-0.4, -0.2) is 52.8 Å². The fraction of sp³-hybridized carbons (Fsp3) is 0.560. The highest BCUT2D eigenvalue weighted by atomic mass is 16.3. The largest absolute Gasteiger partial charge is 0.394 e. The molecule has 2 aromatic rings. The molecule has 33 heavy (non-hydrogen) atoms. The Hall–Kier alpha value is -2.87. The van der Waals surface area contributed by atoms with Crippen molar-refractivity contribution in [2.75, 3.05) is 47.1 Å². The number of benzene rings is 1. The second-order valence-corrected chi connectivity index (χ2v) is 9.95. The fourth-order valence-electron chi connectivity index (χ4n) is 4.67. The molecule has 0 radical (unpaired) electrons. The van der Waals surface area contributed by atoms with Crippen molar-refractivity contribution in [3.05, 3.63) is 35.5 Å². The van der Waals surface area contributed by atoms with Gasteiger partial charge in [-0.2, -0.15) is 4.98 Å². The van der Waals surface area contributed by atoms with Gasteiger partial charge in [-0.3, -0.25) is 4.79 Å². The summed E-state index contributed by atoms with van der Waals surface area (Å²) in [4.78, 5) is 24.7. The molecule has 1 amide bonds. The predicted molar refractivity (Wildman–Crippen MR) is 133 cm³/mol. The van der Waals surface area contributed by atoms with E-state index in [9.17, 15) is 9.90 Å². The molecule has 1 aromatic carbocycles. The molecule has 1 saturated heterocycles. The lowest BCUT2D eigenvalue weighted by Crippen LogP contribution is -2.37. The summed E-state index contributed by atoms with van der Waals surface area (Å²) in [5, 5.41) is 19.4. The van der Waals surface area contributed by atoms with Gasteiger partial charge in [-0.15, -0.1) is 0 Å². The first-order chi connectivity index (χ1) is 15.8. The fourth-order valence-corrected chi connectivity index (χ4v) is 4.67. The normalized spacial score (nSPS) is 19.5. The molecule has 4 N–H and O–H groups in total. The molecule has 0 spiro atoms. The minimum Gasteiger partial charge on any atom is -0.394 e. The van der Waals surface area contributed by atoms with E-state index in [-0.39, 0.29) is 12.5 Å². The molecule has 4 bridgehead atoms.